The van der Waals surface area contributed by atoms with Crippen LogP contribution in [0.15, 0.2) is 0 Å². The van der Waals surface area contributed by atoms with E-state index in [2.05, 4.69) is 20.8 Å². The van der Waals surface area contributed by atoms with Crippen LogP contribution < -0.4 is 0 Å². The van der Waals surface area contributed by atoms with Gasteiger partial charge in [-0.25, -0.2) is 0 Å². The summed E-state index contributed by atoms with van der Waals surface area (Å²) in [6.07, 6.45) is 52.2. The molecular formula is C53H102O6. The maximum atomic E-state index is 12.8. The molecule has 0 aliphatic rings. The van der Waals surface area contributed by atoms with Gasteiger partial charge in [-0.05, 0) is 19.3 Å². The fourth-order valence-corrected chi connectivity index (χ4v) is 8.09. The summed E-state index contributed by atoms with van der Waals surface area (Å²) in [6.45, 7) is 6.69. The van der Waals surface area contributed by atoms with Crippen LogP contribution in [0, 0.1) is 0 Å². The predicted molar refractivity (Wildman–Crippen MR) is 252 cm³/mol. The summed E-state index contributed by atoms with van der Waals surface area (Å²) >= 11 is 0. The Morgan fingerprint density at radius 3 is 0.678 bits per heavy atom. The fraction of sp³-hybridized carbons (Fsp3) is 0.943. The van der Waals surface area contributed by atoms with Gasteiger partial charge in [-0.1, -0.05) is 265 Å². The molecule has 1 atom stereocenters. The van der Waals surface area contributed by atoms with Crippen molar-refractivity contribution < 1.29 is 28.6 Å². The molecule has 0 rings (SSSR count). The molecule has 0 amide bonds. The van der Waals surface area contributed by atoms with Crippen LogP contribution >= 0.6 is 0 Å². The first-order valence-electron chi connectivity index (χ1n) is 26.5. The maximum absolute atomic E-state index is 12.8. The largest absolute Gasteiger partial charge is 0.462 e. The molecule has 350 valence electrons. The van der Waals surface area contributed by atoms with Gasteiger partial charge in [-0.15, -0.1) is 0 Å². The van der Waals surface area contributed by atoms with E-state index in [0.717, 1.165) is 57.8 Å². The van der Waals surface area contributed by atoms with E-state index in [0.29, 0.717) is 19.3 Å². The van der Waals surface area contributed by atoms with Gasteiger partial charge in [-0.3, -0.25) is 14.4 Å². The van der Waals surface area contributed by atoms with E-state index in [-0.39, 0.29) is 31.1 Å². The lowest BCUT2D eigenvalue weighted by Gasteiger charge is -2.18. The van der Waals surface area contributed by atoms with Crippen LogP contribution in [0.1, 0.15) is 303 Å². The first-order valence-corrected chi connectivity index (χ1v) is 26.5. The van der Waals surface area contributed by atoms with Gasteiger partial charge >= 0.3 is 17.9 Å². The van der Waals surface area contributed by atoms with Crippen LogP contribution in [-0.4, -0.2) is 37.2 Å². The summed E-state index contributed by atoms with van der Waals surface area (Å²) in [5.74, 6) is -0.838. The Kier molecular flexibility index (Phi) is 47.7. The van der Waals surface area contributed by atoms with Gasteiger partial charge in [0.25, 0.3) is 0 Å². The Labute approximate surface area is 368 Å². The molecule has 0 N–H and O–H groups in total. The lowest BCUT2D eigenvalue weighted by molar-refractivity contribution is -0.167. The van der Waals surface area contributed by atoms with Gasteiger partial charge in [0.2, 0.25) is 0 Å². The smallest absolute Gasteiger partial charge is 0.306 e. The summed E-state index contributed by atoms with van der Waals surface area (Å²) in [7, 11) is 0. The molecule has 0 aliphatic heterocycles. The molecule has 0 aromatic heterocycles. The molecule has 0 saturated carbocycles. The van der Waals surface area contributed by atoms with E-state index in [1.807, 2.05) is 0 Å². The number of ether oxygens (including phenoxy) is 3. The normalized spacial score (nSPS) is 11.8. The highest BCUT2D eigenvalue weighted by molar-refractivity contribution is 5.71. The highest BCUT2D eigenvalue weighted by Crippen LogP contribution is 2.17. The minimum atomic E-state index is -0.759. The summed E-state index contributed by atoms with van der Waals surface area (Å²) in [5.41, 5.74) is 0. The third-order valence-corrected chi connectivity index (χ3v) is 12.1. The molecule has 0 unspecified atom stereocenters. The Bertz CT molecular complexity index is 874. The van der Waals surface area contributed by atoms with Crippen LogP contribution in [0.4, 0.5) is 0 Å². The van der Waals surface area contributed by atoms with E-state index in [9.17, 15) is 14.4 Å². The molecule has 0 radical (unpaired) electrons. The van der Waals surface area contributed by atoms with Crippen molar-refractivity contribution in [1.29, 1.82) is 0 Å². The molecule has 0 heterocycles. The van der Waals surface area contributed by atoms with E-state index in [4.69, 9.17) is 14.2 Å². The molecule has 6 nitrogen and oxygen atoms in total. The third-order valence-electron chi connectivity index (χ3n) is 12.1. The number of rotatable bonds is 49. The minimum Gasteiger partial charge on any atom is -0.462 e. The third kappa shape index (κ3) is 47.3. The van der Waals surface area contributed by atoms with Gasteiger partial charge in [0.1, 0.15) is 13.2 Å². The Hall–Kier alpha value is -1.59. The Balaban J connectivity index is 4.31. The lowest BCUT2D eigenvalue weighted by Crippen LogP contribution is -2.30. The number of esters is 3. The van der Waals surface area contributed by atoms with Crippen molar-refractivity contribution in [1.82, 2.24) is 0 Å². The molecule has 0 saturated heterocycles. The van der Waals surface area contributed by atoms with E-state index < -0.39 is 6.10 Å². The molecule has 0 fully saturated rings. The summed E-state index contributed by atoms with van der Waals surface area (Å²) in [5, 5.41) is 0. The average molecular weight is 835 g/mol. The van der Waals surface area contributed by atoms with Gasteiger partial charge in [0.05, 0.1) is 0 Å². The molecule has 0 bridgehead atoms. The molecule has 6 heteroatoms. The minimum absolute atomic E-state index is 0.0616. The number of carbonyl (C=O) groups is 3. The summed E-state index contributed by atoms with van der Waals surface area (Å²) in [4.78, 5) is 38.0. The highest BCUT2D eigenvalue weighted by Gasteiger charge is 2.19. The second kappa shape index (κ2) is 49.1. The van der Waals surface area contributed by atoms with Crippen LogP contribution in [0.3, 0.4) is 0 Å². The van der Waals surface area contributed by atoms with Gasteiger partial charge in [0, 0.05) is 19.3 Å². The van der Waals surface area contributed by atoms with Gasteiger partial charge in [0.15, 0.2) is 6.10 Å². The number of hydrogen-bond acceptors (Lipinski definition) is 6. The molecule has 0 aromatic rings. The zero-order valence-electron chi connectivity index (χ0n) is 40.1. The van der Waals surface area contributed by atoms with E-state index in [1.165, 1.54) is 205 Å². The van der Waals surface area contributed by atoms with Crippen LogP contribution in [-0.2, 0) is 28.6 Å². The number of hydrogen-bond donors (Lipinski definition) is 0. The van der Waals surface area contributed by atoms with Crippen molar-refractivity contribution in [2.45, 2.75) is 309 Å². The standard InChI is InChI=1S/C53H102O6/c1-4-7-10-13-16-19-22-25-28-31-34-37-40-43-46-52(55)58-49-50(48-57-51(54)45-42-39-36-33-30-27-24-21-18-15-12-9-6-3)59-53(56)47-44-41-38-35-32-29-26-23-20-17-14-11-8-5-2/h50H,4-49H2,1-3H3/t50-/m0/s1. The van der Waals surface area contributed by atoms with Gasteiger partial charge in [-0.2, -0.15) is 0 Å². The van der Waals surface area contributed by atoms with Crippen molar-refractivity contribution in [2.24, 2.45) is 0 Å². The molecule has 59 heavy (non-hydrogen) atoms. The van der Waals surface area contributed by atoms with Crippen LogP contribution in [0.5, 0.6) is 0 Å². The zero-order valence-corrected chi connectivity index (χ0v) is 40.1. The quantitative estimate of drug-likeness (QED) is 0.0345. The van der Waals surface area contributed by atoms with Crippen LogP contribution in [0.25, 0.3) is 0 Å². The number of carbonyl (C=O) groups excluding carboxylic acids is 3. The SMILES string of the molecule is CCCCCCCCCCCCCCCCC(=O)OC[C@H](COC(=O)CCCCCCCCCCCCCCC)OC(=O)CCCCCCCCCCCCCCCC. The van der Waals surface area contributed by atoms with Crippen molar-refractivity contribution in [3.8, 4) is 0 Å². The van der Waals surface area contributed by atoms with E-state index >= 15 is 0 Å². The van der Waals surface area contributed by atoms with Crippen molar-refractivity contribution >= 4 is 17.9 Å². The van der Waals surface area contributed by atoms with Crippen molar-refractivity contribution in [2.75, 3.05) is 13.2 Å². The first kappa shape index (κ1) is 57.4. The topological polar surface area (TPSA) is 78.9 Å². The maximum Gasteiger partial charge on any atom is 0.306 e. The molecule has 0 spiro atoms. The lowest BCUT2D eigenvalue weighted by atomic mass is 10.0. The second-order valence-electron chi connectivity index (χ2n) is 18.2. The molecular weight excluding hydrogens is 733 g/mol. The predicted octanol–water partition coefficient (Wildman–Crippen LogP) is 17.2. The zero-order chi connectivity index (χ0) is 43.0. The fourth-order valence-electron chi connectivity index (χ4n) is 8.09. The van der Waals surface area contributed by atoms with Crippen molar-refractivity contribution in [3.63, 3.8) is 0 Å². The van der Waals surface area contributed by atoms with Crippen LogP contribution in [0.2, 0.25) is 0 Å². The second-order valence-corrected chi connectivity index (χ2v) is 18.2. The monoisotopic (exact) mass is 835 g/mol. The summed E-state index contributed by atoms with van der Waals surface area (Å²) in [6, 6.07) is 0. The Morgan fingerprint density at radius 2 is 0.458 bits per heavy atom. The highest BCUT2D eigenvalue weighted by atomic mass is 16.6. The van der Waals surface area contributed by atoms with Crippen molar-refractivity contribution in [3.05, 3.63) is 0 Å². The molecule has 0 aromatic carbocycles. The summed E-state index contributed by atoms with van der Waals surface area (Å²) < 4.78 is 16.8. The van der Waals surface area contributed by atoms with E-state index in [1.54, 1.807) is 0 Å². The molecule has 0 aliphatic carbocycles. The number of unbranched alkanes of at least 4 members (excludes halogenated alkanes) is 38. The van der Waals surface area contributed by atoms with Gasteiger partial charge < -0.3 is 14.2 Å². The first-order chi connectivity index (χ1) is 29.0. The Morgan fingerprint density at radius 1 is 0.271 bits per heavy atom. The average Bonchev–Trinajstić information content (AvgIpc) is 3.23.